The summed E-state index contributed by atoms with van der Waals surface area (Å²) in [5.41, 5.74) is 10.4. The number of benzene rings is 1. The van der Waals surface area contributed by atoms with Crippen molar-refractivity contribution in [2.75, 3.05) is 12.3 Å². The number of imidazole rings is 1. The summed E-state index contributed by atoms with van der Waals surface area (Å²) in [7, 11) is -4.36. The van der Waals surface area contributed by atoms with Crippen LogP contribution in [0.2, 0.25) is 0 Å². The Hall–Kier alpha value is -3.15. The maximum atomic E-state index is 12.4. The molecule has 1 aliphatic rings. The van der Waals surface area contributed by atoms with Crippen molar-refractivity contribution in [2.24, 2.45) is 5.92 Å². The number of nitrogens with zero attached hydrogens (tertiary/aromatic N) is 4. The average molecular weight is 487 g/mol. The van der Waals surface area contributed by atoms with Crippen molar-refractivity contribution in [3.63, 3.8) is 0 Å². The number of allylic oxidation sites excluding steroid dienone is 1. The molecular weight excluding hydrogens is 461 g/mol. The highest BCUT2D eigenvalue weighted by molar-refractivity contribution is 7.51. The maximum Gasteiger partial charge on any atom is 0.432 e. The minimum Gasteiger partial charge on any atom is -0.382 e. The van der Waals surface area contributed by atoms with E-state index in [-0.39, 0.29) is 25.2 Å². The first-order chi connectivity index (χ1) is 16.3. The Kier molecular flexibility index (Phi) is 7.35. The molecule has 0 saturated carbocycles. The van der Waals surface area contributed by atoms with Gasteiger partial charge in [-0.25, -0.2) is 19.5 Å². The second kappa shape index (κ2) is 10.4. The van der Waals surface area contributed by atoms with Crippen LogP contribution in [0, 0.1) is 5.92 Å². The number of anilines is 1. The number of nitrogens with one attached hydrogen (secondary N) is 2. The van der Waals surface area contributed by atoms with Crippen molar-refractivity contribution >= 4 is 30.6 Å². The van der Waals surface area contributed by atoms with Crippen LogP contribution in [0.5, 0.6) is 0 Å². The summed E-state index contributed by atoms with van der Waals surface area (Å²) in [4.78, 5) is 40.0. The molecule has 1 aromatic carbocycles. The van der Waals surface area contributed by atoms with E-state index < -0.39 is 19.7 Å². The lowest BCUT2D eigenvalue weighted by Crippen LogP contribution is -2.41. The third-order valence-corrected chi connectivity index (χ3v) is 6.35. The molecule has 0 saturated heterocycles. The number of nitrogen functional groups attached to an aromatic ring is 1. The number of amides is 1. The van der Waals surface area contributed by atoms with Crippen LogP contribution in [0.25, 0.3) is 11.2 Å². The first-order valence-electron chi connectivity index (χ1n) is 10.6. The Morgan fingerprint density at radius 1 is 1.29 bits per heavy atom. The molecule has 0 fully saturated rings. The predicted molar refractivity (Wildman–Crippen MR) is 124 cm³/mol. The molecule has 0 bridgehead atoms. The highest BCUT2D eigenvalue weighted by Crippen LogP contribution is 2.39. The normalized spacial score (nSPS) is 20.3. The smallest absolute Gasteiger partial charge is 0.382 e. The second-order valence-electron chi connectivity index (χ2n) is 7.94. The van der Waals surface area contributed by atoms with Gasteiger partial charge in [-0.05, 0) is 18.9 Å². The van der Waals surface area contributed by atoms with Gasteiger partial charge in [0.05, 0.1) is 25.6 Å². The number of fused-ring (bicyclic) bond motifs is 1. The number of carbonyl (C=O) groups excluding carboxylic acids is 1. The lowest BCUT2D eigenvalue weighted by molar-refractivity contribution is -0.125. The SMILES string of the molecule is C[C@H](NOCc1ccccc1)C(=O)NP(=O)(O)OC[C@H]1C=C[C@@H](n2cnc3c(N)ncnc32)C1. The number of rotatable bonds is 10. The van der Waals surface area contributed by atoms with Gasteiger partial charge >= 0.3 is 7.75 Å². The quantitative estimate of drug-likeness (QED) is 0.188. The standard InChI is InChI=1S/C21H26N7O5P/c1-14(26-32-10-15-5-3-2-4-6-15)21(29)27-34(30,31)33-11-16-7-8-17(9-16)28-13-25-18-19(22)23-12-24-20(18)28/h2-8,12-14,16-17,26H,9-11H2,1H3,(H2,22,23,24)(H2,27,29,30,31)/t14-,16-,17+/m0/s1. The Morgan fingerprint density at radius 3 is 2.88 bits per heavy atom. The summed E-state index contributed by atoms with van der Waals surface area (Å²) >= 11 is 0. The minimum atomic E-state index is -4.36. The van der Waals surface area contributed by atoms with Crippen LogP contribution in [0.3, 0.4) is 0 Å². The van der Waals surface area contributed by atoms with E-state index in [9.17, 15) is 14.3 Å². The third kappa shape index (κ3) is 5.85. The van der Waals surface area contributed by atoms with E-state index in [0.29, 0.717) is 23.4 Å². The summed E-state index contributed by atoms with van der Waals surface area (Å²) in [5, 5.41) is 2.04. The number of hydrogen-bond donors (Lipinski definition) is 4. The zero-order valence-corrected chi connectivity index (χ0v) is 19.3. The van der Waals surface area contributed by atoms with E-state index in [4.69, 9.17) is 15.1 Å². The molecule has 0 radical (unpaired) electrons. The van der Waals surface area contributed by atoms with E-state index in [1.165, 1.54) is 13.3 Å². The van der Waals surface area contributed by atoms with Crippen LogP contribution in [0.1, 0.15) is 24.9 Å². The second-order valence-corrected chi connectivity index (χ2v) is 9.46. The van der Waals surface area contributed by atoms with Crippen molar-refractivity contribution in [1.82, 2.24) is 30.1 Å². The fourth-order valence-corrected chi connectivity index (χ4v) is 4.47. The summed E-state index contributed by atoms with van der Waals surface area (Å²) in [6.45, 7) is 1.71. The Balaban J connectivity index is 1.23. The van der Waals surface area contributed by atoms with Gasteiger partial charge < -0.3 is 15.2 Å². The Labute approximate surface area is 195 Å². The summed E-state index contributed by atoms with van der Waals surface area (Å²) < 4.78 is 19.4. The zero-order chi connectivity index (χ0) is 24.1. The number of hydrogen-bond acceptors (Lipinski definition) is 9. The van der Waals surface area contributed by atoms with Crippen molar-refractivity contribution < 1.29 is 23.6 Å². The van der Waals surface area contributed by atoms with Crippen LogP contribution in [0.4, 0.5) is 5.82 Å². The summed E-state index contributed by atoms with van der Waals surface area (Å²) in [6, 6.07) is 8.46. The van der Waals surface area contributed by atoms with E-state index in [0.717, 1.165) is 5.56 Å². The van der Waals surface area contributed by atoms with E-state index in [1.807, 2.05) is 52.1 Å². The fraction of sp³-hybridized carbons (Fsp3) is 0.333. The molecule has 0 aliphatic heterocycles. The zero-order valence-electron chi connectivity index (χ0n) is 18.4. The summed E-state index contributed by atoms with van der Waals surface area (Å²) in [6.07, 6.45) is 7.46. The van der Waals surface area contributed by atoms with E-state index in [1.54, 1.807) is 6.33 Å². The highest BCUT2D eigenvalue weighted by Gasteiger charge is 2.29. The summed E-state index contributed by atoms with van der Waals surface area (Å²) in [5.74, 6) is -0.554. The Bertz CT molecular complexity index is 1220. The molecule has 1 unspecified atom stereocenters. The van der Waals surface area contributed by atoms with Gasteiger partial charge in [-0.15, -0.1) is 0 Å². The van der Waals surface area contributed by atoms with Crippen LogP contribution in [-0.2, 0) is 25.3 Å². The van der Waals surface area contributed by atoms with E-state index >= 15 is 0 Å². The molecule has 5 N–H and O–H groups in total. The molecule has 12 nitrogen and oxygen atoms in total. The van der Waals surface area contributed by atoms with Gasteiger partial charge in [0.2, 0.25) is 5.91 Å². The fourth-order valence-electron chi connectivity index (χ4n) is 3.54. The van der Waals surface area contributed by atoms with Crippen LogP contribution in [0.15, 0.2) is 55.1 Å². The number of carbonyl (C=O) groups is 1. The van der Waals surface area contributed by atoms with Crippen LogP contribution in [-0.4, -0.2) is 43.0 Å². The average Bonchev–Trinajstić information content (AvgIpc) is 3.46. The van der Waals surface area contributed by atoms with Gasteiger partial charge in [0.25, 0.3) is 0 Å². The molecule has 0 spiro atoms. The molecule has 4 atom stereocenters. The van der Waals surface area contributed by atoms with Gasteiger partial charge in [0, 0.05) is 5.92 Å². The van der Waals surface area contributed by atoms with Gasteiger partial charge in [-0.1, -0.05) is 42.5 Å². The monoisotopic (exact) mass is 487 g/mol. The maximum absolute atomic E-state index is 12.4. The molecule has 2 heterocycles. The van der Waals surface area contributed by atoms with Gasteiger partial charge in [0.1, 0.15) is 17.9 Å². The lowest BCUT2D eigenvalue weighted by atomic mass is 10.1. The molecular formula is C21H26N7O5P. The lowest BCUT2D eigenvalue weighted by Gasteiger charge is -2.19. The molecule has 34 heavy (non-hydrogen) atoms. The predicted octanol–water partition coefficient (Wildman–Crippen LogP) is 1.87. The van der Waals surface area contributed by atoms with Crippen LogP contribution < -0.4 is 16.3 Å². The van der Waals surface area contributed by atoms with Crippen molar-refractivity contribution in [1.29, 1.82) is 0 Å². The first kappa shape index (κ1) is 24.0. The largest absolute Gasteiger partial charge is 0.432 e. The van der Waals surface area contributed by atoms with Gasteiger partial charge in [-0.2, -0.15) is 5.48 Å². The van der Waals surface area contributed by atoms with Gasteiger partial charge in [-0.3, -0.25) is 19.2 Å². The first-order valence-corrected chi connectivity index (χ1v) is 12.2. The Morgan fingerprint density at radius 2 is 2.09 bits per heavy atom. The highest BCUT2D eigenvalue weighted by atomic mass is 31.2. The molecule has 1 aliphatic carbocycles. The molecule has 1 amide bonds. The van der Waals surface area contributed by atoms with Crippen LogP contribution >= 0.6 is 7.75 Å². The van der Waals surface area contributed by atoms with Gasteiger partial charge in [0.15, 0.2) is 11.5 Å². The van der Waals surface area contributed by atoms with Crippen molar-refractivity contribution in [3.05, 3.63) is 60.7 Å². The minimum absolute atomic E-state index is 0.0445. The number of hydroxylamine groups is 1. The third-order valence-electron chi connectivity index (χ3n) is 5.34. The topological polar surface area (TPSA) is 167 Å². The van der Waals surface area contributed by atoms with E-state index in [2.05, 4.69) is 20.4 Å². The number of aromatic nitrogens is 4. The molecule has 13 heteroatoms. The number of nitrogens with two attached hydrogens (primary N) is 1. The van der Waals surface area contributed by atoms with Crippen molar-refractivity contribution in [2.45, 2.75) is 32.0 Å². The molecule has 180 valence electrons. The molecule has 4 rings (SSSR count). The molecule has 2 aromatic heterocycles. The van der Waals surface area contributed by atoms with Crippen molar-refractivity contribution in [3.8, 4) is 0 Å². The molecule has 3 aromatic rings.